The van der Waals surface area contributed by atoms with Crippen molar-refractivity contribution in [1.82, 2.24) is 10.4 Å². The Labute approximate surface area is 204 Å². The third-order valence-corrected chi connectivity index (χ3v) is 6.38. The van der Waals surface area contributed by atoms with Crippen molar-refractivity contribution >= 4 is 46.2 Å². The first kappa shape index (κ1) is 24.8. The van der Waals surface area contributed by atoms with E-state index in [-0.39, 0.29) is 16.0 Å². The molecular formula is C25H28N2O4S2. The number of thiocarbonyl (C=S) groups is 1. The summed E-state index contributed by atoms with van der Waals surface area (Å²) < 4.78 is 6.05. The molecule has 1 heterocycles. The molecule has 1 saturated heterocycles. The summed E-state index contributed by atoms with van der Waals surface area (Å²) >= 11 is 6.39. The summed E-state index contributed by atoms with van der Waals surface area (Å²) in [6.45, 7) is 2.91. The van der Waals surface area contributed by atoms with E-state index in [1.165, 1.54) is 56.4 Å². The SMILES string of the molecule is CCCCCCCCOc1ccc(C=C2SC(=S)N(NC(=O)c3ccc(O)cc3)C2=O)cc1. The van der Waals surface area contributed by atoms with Crippen LogP contribution in [0.25, 0.3) is 6.08 Å². The Bertz CT molecular complexity index is 1000. The average Bonchev–Trinajstić information content (AvgIpc) is 3.07. The van der Waals surface area contributed by atoms with E-state index in [9.17, 15) is 14.7 Å². The second-order valence-corrected chi connectivity index (χ2v) is 9.37. The van der Waals surface area contributed by atoms with E-state index >= 15 is 0 Å². The lowest BCUT2D eigenvalue weighted by Crippen LogP contribution is -2.44. The number of hydrogen-bond acceptors (Lipinski definition) is 6. The maximum atomic E-state index is 12.7. The van der Waals surface area contributed by atoms with Gasteiger partial charge >= 0.3 is 0 Å². The second-order valence-electron chi connectivity index (χ2n) is 7.69. The second kappa shape index (κ2) is 12.4. The molecule has 0 spiro atoms. The van der Waals surface area contributed by atoms with Gasteiger partial charge in [-0.3, -0.25) is 15.0 Å². The van der Waals surface area contributed by atoms with Crippen LogP contribution >= 0.6 is 24.0 Å². The fourth-order valence-corrected chi connectivity index (χ4v) is 4.41. The molecule has 174 valence electrons. The summed E-state index contributed by atoms with van der Waals surface area (Å²) in [5, 5.41) is 10.4. The number of nitrogens with zero attached hydrogens (tertiary/aromatic N) is 1. The number of carbonyl (C=O) groups is 2. The molecule has 3 rings (SSSR count). The number of benzene rings is 2. The van der Waals surface area contributed by atoms with Gasteiger partial charge in [-0.15, -0.1) is 0 Å². The Kier molecular flexibility index (Phi) is 9.33. The molecule has 0 radical (unpaired) electrons. The van der Waals surface area contributed by atoms with Crippen LogP contribution in [0.15, 0.2) is 53.4 Å². The van der Waals surface area contributed by atoms with Crippen molar-refractivity contribution in [2.75, 3.05) is 6.61 Å². The highest BCUT2D eigenvalue weighted by Crippen LogP contribution is 2.31. The Balaban J connectivity index is 1.52. The van der Waals surface area contributed by atoms with E-state index in [0.29, 0.717) is 17.1 Å². The number of unbranched alkanes of at least 4 members (excludes halogenated alkanes) is 5. The van der Waals surface area contributed by atoms with E-state index in [1.54, 1.807) is 6.08 Å². The minimum absolute atomic E-state index is 0.0546. The predicted molar refractivity (Wildman–Crippen MR) is 136 cm³/mol. The molecule has 0 aliphatic carbocycles. The summed E-state index contributed by atoms with van der Waals surface area (Å²) in [7, 11) is 0. The first-order valence-corrected chi connectivity index (χ1v) is 12.3. The predicted octanol–water partition coefficient (Wildman–Crippen LogP) is 5.68. The summed E-state index contributed by atoms with van der Waals surface area (Å²) in [6.07, 6.45) is 9.06. The van der Waals surface area contributed by atoms with E-state index in [2.05, 4.69) is 12.3 Å². The molecule has 0 saturated carbocycles. The molecule has 0 atom stereocenters. The number of phenols is 1. The molecule has 0 unspecified atom stereocenters. The van der Waals surface area contributed by atoms with Gasteiger partial charge in [-0.05, 0) is 66.7 Å². The zero-order valence-electron chi connectivity index (χ0n) is 18.6. The van der Waals surface area contributed by atoms with Crippen molar-refractivity contribution < 1.29 is 19.4 Å². The summed E-state index contributed by atoms with van der Waals surface area (Å²) in [4.78, 5) is 25.6. The minimum atomic E-state index is -0.487. The number of thioether (sulfide) groups is 1. The highest BCUT2D eigenvalue weighted by atomic mass is 32.2. The smallest absolute Gasteiger partial charge is 0.285 e. The van der Waals surface area contributed by atoms with Crippen LogP contribution in [0.3, 0.4) is 0 Å². The first-order valence-electron chi connectivity index (χ1n) is 11.1. The molecule has 2 aromatic carbocycles. The van der Waals surface area contributed by atoms with Crippen molar-refractivity contribution in [1.29, 1.82) is 0 Å². The van der Waals surface area contributed by atoms with E-state index in [4.69, 9.17) is 17.0 Å². The zero-order chi connectivity index (χ0) is 23.6. The Morgan fingerprint density at radius 1 is 1.06 bits per heavy atom. The maximum Gasteiger partial charge on any atom is 0.285 e. The quantitative estimate of drug-likeness (QED) is 0.243. The van der Waals surface area contributed by atoms with Crippen LogP contribution in [0.2, 0.25) is 0 Å². The van der Waals surface area contributed by atoms with Crippen molar-refractivity contribution in [3.8, 4) is 11.5 Å². The number of aromatic hydroxyl groups is 1. The van der Waals surface area contributed by atoms with Gasteiger partial charge < -0.3 is 9.84 Å². The van der Waals surface area contributed by atoms with Crippen molar-refractivity contribution in [3.05, 3.63) is 64.6 Å². The molecule has 0 bridgehead atoms. The van der Waals surface area contributed by atoms with Crippen LogP contribution in [0.4, 0.5) is 0 Å². The number of amides is 2. The lowest BCUT2D eigenvalue weighted by atomic mass is 10.1. The molecule has 2 N–H and O–H groups in total. The monoisotopic (exact) mass is 484 g/mol. The average molecular weight is 485 g/mol. The largest absolute Gasteiger partial charge is 0.508 e. The van der Waals surface area contributed by atoms with Crippen LogP contribution in [-0.2, 0) is 4.79 Å². The molecule has 1 fully saturated rings. The van der Waals surface area contributed by atoms with Crippen molar-refractivity contribution in [3.63, 3.8) is 0 Å². The van der Waals surface area contributed by atoms with Gasteiger partial charge in [0.05, 0.1) is 11.5 Å². The van der Waals surface area contributed by atoms with Crippen LogP contribution in [0.1, 0.15) is 61.4 Å². The molecule has 1 aliphatic heterocycles. The fraction of sp³-hybridized carbons (Fsp3) is 0.320. The zero-order valence-corrected chi connectivity index (χ0v) is 20.2. The minimum Gasteiger partial charge on any atom is -0.508 e. The maximum absolute atomic E-state index is 12.7. The summed E-state index contributed by atoms with van der Waals surface area (Å²) in [6, 6.07) is 13.3. The van der Waals surface area contributed by atoms with Gasteiger partial charge in [0.25, 0.3) is 11.8 Å². The van der Waals surface area contributed by atoms with Gasteiger partial charge in [-0.1, -0.05) is 62.9 Å². The number of phenolic OH excluding ortho intramolecular Hbond substituents is 1. The summed E-state index contributed by atoms with van der Waals surface area (Å²) in [5.41, 5.74) is 3.67. The Morgan fingerprint density at radius 2 is 1.73 bits per heavy atom. The molecular weight excluding hydrogens is 456 g/mol. The van der Waals surface area contributed by atoms with Crippen LogP contribution in [0, 0.1) is 0 Å². The third kappa shape index (κ3) is 7.33. The normalized spacial score (nSPS) is 14.7. The highest BCUT2D eigenvalue weighted by Gasteiger charge is 2.33. The first-order chi connectivity index (χ1) is 16.0. The fourth-order valence-electron chi connectivity index (χ4n) is 3.23. The Morgan fingerprint density at radius 3 is 2.42 bits per heavy atom. The molecule has 33 heavy (non-hydrogen) atoms. The number of nitrogens with one attached hydrogen (secondary N) is 1. The van der Waals surface area contributed by atoms with Gasteiger partial charge in [0, 0.05) is 5.56 Å². The number of rotatable bonds is 11. The summed E-state index contributed by atoms with van der Waals surface area (Å²) in [5.74, 6) is -0.0201. The van der Waals surface area contributed by atoms with E-state index < -0.39 is 5.91 Å². The lowest BCUT2D eigenvalue weighted by Gasteiger charge is -2.15. The number of hydrogen-bond donors (Lipinski definition) is 2. The van der Waals surface area contributed by atoms with Gasteiger partial charge in [-0.2, -0.15) is 5.01 Å². The van der Waals surface area contributed by atoms with Gasteiger partial charge in [-0.25, -0.2) is 0 Å². The molecule has 2 aromatic rings. The Hall–Kier alpha value is -2.84. The van der Waals surface area contributed by atoms with E-state index in [1.807, 2.05) is 24.3 Å². The number of hydrazine groups is 1. The molecule has 0 aromatic heterocycles. The van der Waals surface area contributed by atoms with Crippen LogP contribution in [0.5, 0.6) is 11.5 Å². The lowest BCUT2D eigenvalue weighted by molar-refractivity contribution is -0.123. The topological polar surface area (TPSA) is 78.9 Å². The van der Waals surface area contributed by atoms with Crippen LogP contribution < -0.4 is 10.2 Å². The van der Waals surface area contributed by atoms with E-state index in [0.717, 1.165) is 34.5 Å². The highest BCUT2D eigenvalue weighted by molar-refractivity contribution is 8.26. The van der Waals surface area contributed by atoms with Gasteiger partial charge in [0.1, 0.15) is 11.5 Å². The van der Waals surface area contributed by atoms with Crippen LogP contribution in [-0.4, -0.2) is 32.9 Å². The molecule has 8 heteroatoms. The standard InChI is InChI=1S/C25H28N2O4S2/c1-2-3-4-5-6-7-16-31-21-14-8-18(9-15-21)17-22-24(30)27(25(32)33-22)26-23(29)19-10-12-20(28)13-11-19/h8-15,17,28H,2-7,16H2,1H3,(H,26,29). The van der Waals surface area contributed by atoms with Gasteiger partial charge in [0.15, 0.2) is 4.32 Å². The van der Waals surface area contributed by atoms with Crippen molar-refractivity contribution in [2.24, 2.45) is 0 Å². The van der Waals surface area contributed by atoms with Gasteiger partial charge in [0.2, 0.25) is 0 Å². The number of ether oxygens (including phenoxy) is 1. The molecule has 1 aliphatic rings. The number of carbonyl (C=O) groups excluding carboxylic acids is 2. The van der Waals surface area contributed by atoms with Crippen molar-refractivity contribution in [2.45, 2.75) is 45.4 Å². The molecule has 6 nitrogen and oxygen atoms in total. The molecule has 2 amide bonds. The third-order valence-electron chi connectivity index (χ3n) is 5.08.